The zero-order chi connectivity index (χ0) is 15.5. The molecule has 2 N–H and O–H groups in total. The summed E-state index contributed by atoms with van der Waals surface area (Å²) in [5.74, 6) is 0. The molecular weight excluding hydrogens is 290 g/mol. The van der Waals surface area contributed by atoms with E-state index in [-0.39, 0.29) is 17.5 Å². The van der Waals surface area contributed by atoms with Crippen molar-refractivity contribution >= 4 is 10.0 Å². The van der Waals surface area contributed by atoms with E-state index in [2.05, 4.69) is 16.5 Å². The SMILES string of the molecule is CCN1CCCC1CNS(=O)(=O)c1cc(CO)n(CC)c1. The fraction of sp³-hybridized carbons (Fsp3) is 0.714. The molecule has 1 fully saturated rings. The highest BCUT2D eigenvalue weighted by Gasteiger charge is 2.25. The molecule has 0 bridgehead atoms. The zero-order valence-corrected chi connectivity index (χ0v) is 13.6. The molecule has 0 amide bonds. The summed E-state index contributed by atoms with van der Waals surface area (Å²) in [4.78, 5) is 2.54. The molecule has 21 heavy (non-hydrogen) atoms. The number of hydrogen-bond acceptors (Lipinski definition) is 4. The topological polar surface area (TPSA) is 74.6 Å². The zero-order valence-electron chi connectivity index (χ0n) is 12.7. The monoisotopic (exact) mass is 315 g/mol. The minimum absolute atomic E-state index is 0.157. The normalized spacial score (nSPS) is 20.2. The molecule has 1 saturated heterocycles. The summed E-state index contributed by atoms with van der Waals surface area (Å²) < 4.78 is 29.2. The molecule has 0 saturated carbocycles. The van der Waals surface area contributed by atoms with Gasteiger partial charge in [0.25, 0.3) is 0 Å². The number of nitrogens with zero attached hydrogens (tertiary/aromatic N) is 2. The molecule has 6 nitrogen and oxygen atoms in total. The molecule has 1 aliphatic heterocycles. The second-order valence-corrected chi connectivity index (χ2v) is 7.15. The minimum Gasteiger partial charge on any atom is -0.390 e. The van der Waals surface area contributed by atoms with Gasteiger partial charge in [0.05, 0.1) is 11.5 Å². The lowest BCUT2D eigenvalue weighted by atomic mass is 10.2. The van der Waals surface area contributed by atoms with Crippen LogP contribution in [0.25, 0.3) is 0 Å². The fourth-order valence-electron chi connectivity index (χ4n) is 2.93. The highest BCUT2D eigenvalue weighted by molar-refractivity contribution is 7.89. The van der Waals surface area contributed by atoms with Gasteiger partial charge in [-0.15, -0.1) is 0 Å². The lowest BCUT2D eigenvalue weighted by Gasteiger charge is -2.22. The van der Waals surface area contributed by atoms with Crippen molar-refractivity contribution < 1.29 is 13.5 Å². The van der Waals surface area contributed by atoms with E-state index in [4.69, 9.17) is 0 Å². The fourth-order valence-corrected chi connectivity index (χ4v) is 4.07. The van der Waals surface area contributed by atoms with Crippen LogP contribution in [-0.2, 0) is 23.2 Å². The Morgan fingerprint density at radius 3 is 2.71 bits per heavy atom. The standard InChI is InChI=1S/C14H25N3O3S/c1-3-16-7-5-6-12(16)9-15-21(19,20)14-8-13(11-18)17(4-2)10-14/h8,10,12,15,18H,3-7,9,11H2,1-2H3. The number of aromatic nitrogens is 1. The molecule has 1 atom stereocenters. The van der Waals surface area contributed by atoms with Crippen molar-refractivity contribution in [3.8, 4) is 0 Å². The predicted octanol–water partition coefficient (Wildman–Crippen LogP) is 0.763. The van der Waals surface area contributed by atoms with Crippen molar-refractivity contribution in [3.05, 3.63) is 18.0 Å². The summed E-state index contributed by atoms with van der Waals surface area (Å²) >= 11 is 0. The maximum absolute atomic E-state index is 12.4. The molecule has 0 aromatic carbocycles. The summed E-state index contributed by atoms with van der Waals surface area (Å²) in [5, 5.41) is 9.26. The third-order valence-corrected chi connectivity index (χ3v) is 5.58. The highest BCUT2D eigenvalue weighted by Crippen LogP contribution is 2.18. The number of aryl methyl sites for hydroxylation is 1. The van der Waals surface area contributed by atoms with Gasteiger partial charge in [0, 0.05) is 31.0 Å². The third-order valence-electron chi connectivity index (χ3n) is 4.19. The lowest BCUT2D eigenvalue weighted by molar-refractivity contribution is 0.268. The third kappa shape index (κ3) is 3.66. The summed E-state index contributed by atoms with van der Waals surface area (Å²) in [5.41, 5.74) is 0.619. The van der Waals surface area contributed by atoms with Crippen molar-refractivity contribution in [2.45, 2.75) is 50.8 Å². The number of aliphatic hydroxyl groups excluding tert-OH is 1. The molecule has 0 radical (unpaired) electrons. The van der Waals surface area contributed by atoms with Crippen molar-refractivity contribution in [2.75, 3.05) is 19.6 Å². The number of likely N-dealkylation sites (N-methyl/N-ethyl adjacent to an activating group) is 1. The van der Waals surface area contributed by atoms with Gasteiger partial charge in [0.2, 0.25) is 10.0 Å². The van der Waals surface area contributed by atoms with Crippen molar-refractivity contribution in [3.63, 3.8) is 0 Å². The van der Waals surface area contributed by atoms with E-state index in [0.29, 0.717) is 18.8 Å². The molecule has 1 aromatic heterocycles. The highest BCUT2D eigenvalue weighted by atomic mass is 32.2. The van der Waals surface area contributed by atoms with Crippen LogP contribution in [0.5, 0.6) is 0 Å². The van der Waals surface area contributed by atoms with Gasteiger partial charge in [-0.05, 0) is 38.9 Å². The van der Waals surface area contributed by atoms with Gasteiger partial charge in [0.1, 0.15) is 0 Å². The molecule has 0 aliphatic carbocycles. The summed E-state index contributed by atoms with van der Waals surface area (Å²) in [6.45, 7) is 6.94. The Morgan fingerprint density at radius 2 is 2.14 bits per heavy atom. The quantitative estimate of drug-likeness (QED) is 0.779. The minimum atomic E-state index is -3.51. The van der Waals surface area contributed by atoms with E-state index < -0.39 is 10.0 Å². The Morgan fingerprint density at radius 1 is 1.38 bits per heavy atom. The molecule has 1 aromatic rings. The second kappa shape index (κ2) is 6.91. The number of aliphatic hydroxyl groups is 1. The molecule has 7 heteroatoms. The van der Waals surface area contributed by atoms with Gasteiger partial charge < -0.3 is 9.67 Å². The summed E-state index contributed by atoms with van der Waals surface area (Å²) in [7, 11) is -3.51. The van der Waals surface area contributed by atoms with Crippen LogP contribution in [0.15, 0.2) is 17.2 Å². The van der Waals surface area contributed by atoms with Crippen LogP contribution in [0, 0.1) is 0 Å². The molecule has 2 rings (SSSR count). The maximum Gasteiger partial charge on any atom is 0.242 e. The van der Waals surface area contributed by atoms with Gasteiger partial charge in [-0.25, -0.2) is 13.1 Å². The Balaban J connectivity index is 2.06. The van der Waals surface area contributed by atoms with E-state index in [0.717, 1.165) is 25.9 Å². The molecule has 120 valence electrons. The number of nitrogens with one attached hydrogen (secondary N) is 1. The summed E-state index contributed by atoms with van der Waals surface area (Å²) in [6.07, 6.45) is 3.75. The van der Waals surface area contributed by atoms with Crippen molar-refractivity contribution in [1.29, 1.82) is 0 Å². The number of likely N-dealkylation sites (tertiary alicyclic amines) is 1. The van der Waals surface area contributed by atoms with Crippen LogP contribution in [-0.4, -0.2) is 48.7 Å². The molecule has 0 spiro atoms. The van der Waals surface area contributed by atoms with Crippen LogP contribution in [0.1, 0.15) is 32.4 Å². The van der Waals surface area contributed by atoms with E-state index >= 15 is 0 Å². The van der Waals surface area contributed by atoms with Gasteiger partial charge >= 0.3 is 0 Å². The first-order valence-electron chi connectivity index (χ1n) is 7.55. The Kier molecular flexibility index (Phi) is 5.43. The van der Waals surface area contributed by atoms with Crippen LogP contribution in [0.2, 0.25) is 0 Å². The van der Waals surface area contributed by atoms with Crippen LogP contribution in [0.4, 0.5) is 0 Å². The molecule has 2 heterocycles. The number of hydrogen-bond donors (Lipinski definition) is 2. The first-order valence-corrected chi connectivity index (χ1v) is 9.03. The first-order chi connectivity index (χ1) is 10.0. The molecule has 1 unspecified atom stereocenters. The maximum atomic E-state index is 12.4. The van der Waals surface area contributed by atoms with E-state index in [9.17, 15) is 13.5 Å². The average molecular weight is 315 g/mol. The first kappa shape index (κ1) is 16.5. The van der Waals surface area contributed by atoms with E-state index in [1.807, 2.05) is 6.92 Å². The van der Waals surface area contributed by atoms with Crippen molar-refractivity contribution in [1.82, 2.24) is 14.2 Å². The largest absolute Gasteiger partial charge is 0.390 e. The lowest BCUT2D eigenvalue weighted by Crippen LogP contribution is -2.39. The van der Waals surface area contributed by atoms with Gasteiger partial charge in [-0.2, -0.15) is 0 Å². The Labute approximate surface area is 126 Å². The second-order valence-electron chi connectivity index (χ2n) is 5.39. The smallest absolute Gasteiger partial charge is 0.242 e. The number of rotatable bonds is 7. The van der Waals surface area contributed by atoms with Crippen molar-refractivity contribution in [2.24, 2.45) is 0 Å². The Hall–Kier alpha value is -0.890. The van der Waals surface area contributed by atoms with Gasteiger partial charge in [0.15, 0.2) is 0 Å². The van der Waals surface area contributed by atoms with Crippen LogP contribution >= 0.6 is 0 Å². The van der Waals surface area contributed by atoms with Crippen LogP contribution < -0.4 is 4.72 Å². The summed E-state index contributed by atoms with van der Waals surface area (Å²) in [6, 6.07) is 1.83. The molecular formula is C14H25N3O3S. The van der Waals surface area contributed by atoms with E-state index in [1.165, 1.54) is 6.07 Å². The van der Waals surface area contributed by atoms with Crippen LogP contribution in [0.3, 0.4) is 0 Å². The predicted molar refractivity (Wildman–Crippen MR) is 81.5 cm³/mol. The number of sulfonamides is 1. The van der Waals surface area contributed by atoms with E-state index in [1.54, 1.807) is 10.8 Å². The average Bonchev–Trinajstić information content (AvgIpc) is 3.11. The van der Waals surface area contributed by atoms with Gasteiger partial charge in [-0.3, -0.25) is 4.90 Å². The van der Waals surface area contributed by atoms with Gasteiger partial charge in [-0.1, -0.05) is 6.92 Å². The Bertz CT molecular complexity index is 547. The molecule has 1 aliphatic rings.